The Morgan fingerprint density at radius 2 is 1.54 bits per heavy atom. The maximum absolute atomic E-state index is 5.48. The maximum Gasteiger partial charge on any atom is 0.213 e. The molecule has 7 nitrogen and oxygen atoms in total. The van der Waals surface area contributed by atoms with Crippen LogP contribution in [0.3, 0.4) is 0 Å². The molecule has 0 aliphatic rings. The van der Waals surface area contributed by atoms with Crippen LogP contribution < -0.4 is 14.2 Å². The monoisotopic (exact) mass is 390 g/mol. The highest BCUT2D eigenvalue weighted by atomic mass is 79.9. The van der Waals surface area contributed by atoms with E-state index in [0.717, 1.165) is 0 Å². The van der Waals surface area contributed by atoms with Crippen molar-refractivity contribution in [1.82, 2.24) is 19.7 Å². The summed E-state index contributed by atoms with van der Waals surface area (Å²) in [5.41, 5.74) is 1.29. The van der Waals surface area contributed by atoms with Gasteiger partial charge in [-0.2, -0.15) is 0 Å². The standard InChI is InChI=1S/C16H15BrN4O3/c1-22-11-7-5-8-12(23-2)14(11)21-15(19-20-16(21)17)10-6-4-9-13(18-10)24-3/h4-9H,1-3H3. The van der Waals surface area contributed by atoms with Gasteiger partial charge in [0, 0.05) is 6.07 Å². The number of benzene rings is 1. The molecule has 0 aliphatic heterocycles. The summed E-state index contributed by atoms with van der Waals surface area (Å²) >= 11 is 3.43. The topological polar surface area (TPSA) is 71.3 Å². The number of methoxy groups -OCH3 is 3. The summed E-state index contributed by atoms with van der Waals surface area (Å²) in [6.07, 6.45) is 0. The molecule has 3 rings (SSSR count). The summed E-state index contributed by atoms with van der Waals surface area (Å²) in [4.78, 5) is 4.42. The first-order valence-electron chi connectivity index (χ1n) is 7.03. The third kappa shape index (κ3) is 2.80. The number of para-hydroxylation sites is 1. The zero-order valence-corrected chi connectivity index (χ0v) is 14.9. The summed E-state index contributed by atoms with van der Waals surface area (Å²) in [6.45, 7) is 0. The lowest BCUT2D eigenvalue weighted by Gasteiger charge is -2.15. The Hall–Kier alpha value is -2.61. The molecule has 0 unspecified atom stereocenters. The number of nitrogens with zero attached hydrogens (tertiary/aromatic N) is 4. The van der Waals surface area contributed by atoms with E-state index in [1.807, 2.05) is 30.3 Å². The van der Waals surface area contributed by atoms with Crippen molar-refractivity contribution in [3.63, 3.8) is 0 Å². The van der Waals surface area contributed by atoms with Crippen LogP contribution in [-0.4, -0.2) is 41.1 Å². The van der Waals surface area contributed by atoms with Gasteiger partial charge in [0.15, 0.2) is 5.82 Å². The predicted molar refractivity (Wildman–Crippen MR) is 91.9 cm³/mol. The average molecular weight is 391 g/mol. The van der Waals surface area contributed by atoms with Gasteiger partial charge in [0.2, 0.25) is 10.6 Å². The van der Waals surface area contributed by atoms with E-state index in [1.54, 1.807) is 32.0 Å². The quantitative estimate of drug-likeness (QED) is 0.666. The first kappa shape index (κ1) is 16.3. The highest BCUT2D eigenvalue weighted by Crippen LogP contribution is 2.37. The molecule has 0 atom stereocenters. The summed E-state index contributed by atoms with van der Waals surface area (Å²) in [6, 6.07) is 11.0. The summed E-state index contributed by atoms with van der Waals surface area (Å²) < 4.78 is 18.4. The van der Waals surface area contributed by atoms with Crippen LogP contribution >= 0.6 is 15.9 Å². The number of rotatable bonds is 5. The van der Waals surface area contributed by atoms with E-state index in [9.17, 15) is 0 Å². The van der Waals surface area contributed by atoms with Crippen molar-refractivity contribution in [2.24, 2.45) is 0 Å². The Bertz CT molecular complexity index is 844. The maximum atomic E-state index is 5.48. The van der Waals surface area contributed by atoms with Gasteiger partial charge in [0.05, 0.1) is 21.3 Å². The average Bonchev–Trinajstić information content (AvgIpc) is 3.02. The fourth-order valence-corrected chi connectivity index (χ4v) is 2.76. The van der Waals surface area contributed by atoms with Crippen LogP contribution in [0.5, 0.6) is 17.4 Å². The molecule has 0 spiro atoms. The zero-order valence-electron chi connectivity index (χ0n) is 13.4. The van der Waals surface area contributed by atoms with E-state index in [4.69, 9.17) is 14.2 Å². The number of ether oxygens (including phenoxy) is 3. The van der Waals surface area contributed by atoms with Crippen molar-refractivity contribution >= 4 is 15.9 Å². The minimum atomic E-state index is 0.491. The molecule has 124 valence electrons. The summed E-state index contributed by atoms with van der Waals surface area (Å²) in [5.74, 6) is 2.27. The van der Waals surface area contributed by atoms with Gasteiger partial charge in [-0.25, -0.2) is 4.98 Å². The van der Waals surface area contributed by atoms with E-state index in [1.165, 1.54) is 0 Å². The third-order valence-corrected chi connectivity index (χ3v) is 3.92. The van der Waals surface area contributed by atoms with Crippen LogP contribution in [0.15, 0.2) is 41.1 Å². The Labute approximate surface area is 147 Å². The molecule has 2 heterocycles. The molecule has 2 aromatic heterocycles. The van der Waals surface area contributed by atoms with Crippen molar-refractivity contribution in [2.75, 3.05) is 21.3 Å². The van der Waals surface area contributed by atoms with E-state index < -0.39 is 0 Å². The zero-order chi connectivity index (χ0) is 17.1. The van der Waals surface area contributed by atoms with Crippen molar-refractivity contribution in [3.8, 4) is 34.6 Å². The molecule has 0 saturated carbocycles. The lowest BCUT2D eigenvalue weighted by atomic mass is 10.2. The van der Waals surface area contributed by atoms with Gasteiger partial charge in [0.25, 0.3) is 0 Å². The first-order chi connectivity index (χ1) is 11.7. The van der Waals surface area contributed by atoms with Crippen LogP contribution in [0.25, 0.3) is 17.2 Å². The number of halogens is 1. The van der Waals surface area contributed by atoms with Gasteiger partial charge >= 0.3 is 0 Å². The minimum Gasteiger partial charge on any atom is -0.494 e. The van der Waals surface area contributed by atoms with Crippen molar-refractivity contribution in [1.29, 1.82) is 0 Å². The Morgan fingerprint density at radius 1 is 0.875 bits per heavy atom. The fourth-order valence-electron chi connectivity index (χ4n) is 2.33. The van der Waals surface area contributed by atoms with Crippen LogP contribution in [0.4, 0.5) is 0 Å². The number of hydrogen-bond acceptors (Lipinski definition) is 6. The molecule has 0 saturated heterocycles. The molecule has 0 amide bonds. The second kappa shape index (κ2) is 6.88. The van der Waals surface area contributed by atoms with E-state index in [-0.39, 0.29) is 0 Å². The van der Waals surface area contributed by atoms with Gasteiger partial charge in [0.1, 0.15) is 22.9 Å². The molecule has 3 aromatic rings. The predicted octanol–water partition coefficient (Wildman–Crippen LogP) is 3.12. The number of hydrogen-bond donors (Lipinski definition) is 0. The van der Waals surface area contributed by atoms with Crippen molar-refractivity contribution < 1.29 is 14.2 Å². The van der Waals surface area contributed by atoms with Gasteiger partial charge in [-0.1, -0.05) is 12.1 Å². The second-order valence-electron chi connectivity index (χ2n) is 4.70. The largest absolute Gasteiger partial charge is 0.494 e. The lowest BCUT2D eigenvalue weighted by molar-refractivity contribution is 0.391. The van der Waals surface area contributed by atoms with E-state index in [2.05, 4.69) is 31.1 Å². The summed E-state index contributed by atoms with van der Waals surface area (Å²) in [5, 5.41) is 8.34. The van der Waals surface area contributed by atoms with Crippen LogP contribution in [-0.2, 0) is 0 Å². The molecular weight excluding hydrogens is 376 g/mol. The Morgan fingerprint density at radius 3 is 2.17 bits per heavy atom. The molecular formula is C16H15BrN4O3. The first-order valence-corrected chi connectivity index (χ1v) is 7.82. The molecule has 0 bridgehead atoms. The molecule has 0 N–H and O–H groups in total. The highest BCUT2D eigenvalue weighted by molar-refractivity contribution is 9.10. The highest BCUT2D eigenvalue weighted by Gasteiger charge is 2.21. The van der Waals surface area contributed by atoms with Crippen LogP contribution in [0, 0.1) is 0 Å². The fraction of sp³-hybridized carbons (Fsp3) is 0.188. The molecule has 8 heteroatoms. The van der Waals surface area contributed by atoms with Crippen LogP contribution in [0.2, 0.25) is 0 Å². The normalized spacial score (nSPS) is 10.5. The third-order valence-electron chi connectivity index (χ3n) is 3.41. The van der Waals surface area contributed by atoms with Gasteiger partial charge in [-0.3, -0.25) is 4.57 Å². The Balaban J connectivity index is 2.26. The summed E-state index contributed by atoms with van der Waals surface area (Å²) in [7, 11) is 4.76. The number of pyridine rings is 1. The van der Waals surface area contributed by atoms with Crippen LogP contribution in [0.1, 0.15) is 0 Å². The molecule has 0 radical (unpaired) electrons. The Kier molecular flexibility index (Phi) is 4.66. The molecule has 0 aliphatic carbocycles. The lowest BCUT2D eigenvalue weighted by Crippen LogP contribution is -2.04. The van der Waals surface area contributed by atoms with Gasteiger partial charge in [-0.15, -0.1) is 10.2 Å². The SMILES string of the molecule is COc1cccc(-c2nnc(Br)n2-c2c(OC)cccc2OC)n1. The van der Waals surface area contributed by atoms with Gasteiger partial charge in [-0.05, 0) is 34.1 Å². The smallest absolute Gasteiger partial charge is 0.213 e. The molecule has 0 fully saturated rings. The van der Waals surface area contributed by atoms with Gasteiger partial charge < -0.3 is 14.2 Å². The van der Waals surface area contributed by atoms with Crippen molar-refractivity contribution in [3.05, 3.63) is 41.1 Å². The van der Waals surface area contributed by atoms with Crippen molar-refractivity contribution in [2.45, 2.75) is 0 Å². The minimum absolute atomic E-state index is 0.491. The van der Waals surface area contributed by atoms with E-state index >= 15 is 0 Å². The molecule has 1 aromatic carbocycles. The number of aromatic nitrogens is 4. The second-order valence-corrected chi connectivity index (χ2v) is 5.41. The molecule has 24 heavy (non-hydrogen) atoms. The van der Waals surface area contributed by atoms with E-state index in [0.29, 0.717) is 39.3 Å².